The van der Waals surface area contributed by atoms with Crippen molar-refractivity contribution < 1.29 is 24.2 Å². The fraction of sp³-hybridized carbons (Fsp3) is 0.731. The lowest BCUT2D eigenvalue weighted by Gasteiger charge is -2.29. The summed E-state index contributed by atoms with van der Waals surface area (Å²) < 4.78 is 12.0. The number of ether oxygens (including phenoxy) is 2. The highest BCUT2D eigenvalue weighted by molar-refractivity contribution is 7.09. The number of aliphatic hydroxyl groups excluding tert-OH is 1. The van der Waals surface area contributed by atoms with Crippen LogP contribution in [0, 0.1) is 18.3 Å². The van der Waals surface area contributed by atoms with E-state index in [0.717, 1.165) is 35.5 Å². The zero-order valence-corrected chi connectivity index (χ0v) is 21.7. The van der Waals surface area contributed by atoms with Gasteiger partial charge in [0.2, 0.25) is 0 Å². The lowest BCUT2D eigenvalue weighted by atomic mass is 9.76. The highest BCUT2D eigenvalue weighted by Crippen LogP contribution is 2.44. The Bertz CT molecular complexity index is 891. The number of hydrogen-bond acceptors (Lipinski definition) is 7. The number of rotatable bonds is 2. The number of hydrogen-bond donors (Lipinski definition) is 1. The van der Waals surface area contributed by atoms with Crippen molar-refractivity contribution in [1.29, 1.82) is 0 Å². The maximum absolute atomic E-state index is 13.0. The van der Waals surface area contributed by atoms with Crippen molar-refractivity contribution in [3.8, 4) is 0 Å². The normalized spacial score (nSPS) is 34.5. The first-order valence-corrected chi connectivity index (χ1v) is 13.0. The Hall–Kier alpha value is -1.57. The fourth-order valence-corrected chi connectivity index (χ4v) is 5.30. The van der Waals surface area contributed by atoms with Crippen LogP contribution < -0.4 is 0 Å². The van der Waals surface area contributed by atoms with Crippen molar-refractivity contribution in [2.45, 2.75) is 110 Å². The molecule has 0 aliphatic carbocycles. The number of cyclic esters (lactones) is 1. The van der Waals surface area contributed by atoms with E-state index in [2.05, 4.69) is 11.9 Å². The summed E-state index contributed by atoms with van der Waals surface area (Å²) in [6, 6.07) is 0. The van der Waals surface area contributed by atoms with E-state index in [9.17, 15) is 14.7 Å². The molecule has 1 N–H and O–H groups in total. The standard InChI is InChI=1S/C26H39NO5S/c1-16(13-19-15-33-18(3)27-19)21-14-22-26(6,32-22)11-8-7-9-20(28)17(2)24(30)25(4,5)12-10-23(29)31-21/h13,15,17,20-22,28H,7-12,14H2,1-6H3/b16-13+/t17-,20?,21?,22?,26-/m1/s1. The van der Waals surface area contributed by atoms with E-state index in [1.54, 1.807) is 18.3 Å². The number of epoxide rings is 1. The van der Waals surface area contributed by atoms with E-state index in [1.807, 2.05) is 39.2 Å². The summed E-state index contributed by atoms with van der Waals surface area (Å²) in [7, 11) is 0. The van der Waals surface area contributed by atoms with Crippen molar-refractivity contribution in [2.75, 3.05) is 0 Å². The summed E-state index contributed by atoms with van der Waals surface area (Å²) in [5, 5.41) is 13.5. The molecule has 3 rings (SSSR count). The summed E-state index contributed by atoms with van der Waals surface area (Å²) in [5.74, 6) is -0.770. The molecule has 2 saturated heterocycles. The first-order chi connectivity index (χ1) is 15.4. The molecule has 2 aliphatic rings. The monoisotopic (exact) mass is 477 g/mol. The number of esters is 1. The molecule has 3 heterocycles. The first-order valence-electron chi connectivity index (χ1n) is 12.1. The molecule has 184 valence electrons. The molecule has 2 aliphatic heterocycles. The number of Topliss-reactive ketones (excluding diaryl/α,β-unsaturated/α-hetero) is 1. The Morgan fingerprint density at radius 2 is 1.97 bits per heavy atom. The molecule has 0 bridgehead atoms. The number of thiazole rings is 1. The number of fused-ring (bicyclic) bond motifs is 1. The summed E-state index contributed by atoms with van der Waals surface area (Å²) in [6.07, 6.45) is 5.37. The summed E-state index contributed by atoms with van der Waals surface area (Å²) in [5.41, 5.74) is 0.887. The quantitative estimate of drug-likeness (QED) is 0.462. The molecule has 2 fully saturated rings. The van der Waals surface area contributed by atoms with Gasteiger partial charge in [-0.25, -0.2) is 4.98 Å². The van der Waals surface area contributed by atoms with Crippen LogP contribution in [0.1, 0.15) is 90.3 Å². The largest absolute Gasteiger partial charge is 0.458 e. The predicted octanol–water partition coefficient (Wildman–Crippen LogP) is 5.26. The second kappa shape index (κ2) is 10.4. The summed E-state index contributed by atoms with van der Waals surface area (Å²) in [4.78, 5) is 30.3. The molecular weight excluding hydrogens is 438 g/mol. The molecule has 1 aromatic heterocycles. The second-order valence-electron chi connectivity index (χ2n) is 10.7. The van der Waals surface area contributed by atoms with Crippen LogP contribution in [-0.4, -0.2) is 45.8 Å². The number of aryl methyl sites for hydroxylation is 1. The highest BCUT2D eigenvalue weighted by Gasteiger charge is 2.52. The molecular formula is C26H39NO5S. The topological polar surface area (TPSA) is 89.0 Å². The van der Waals surface area contributed by atoms with Crippen LogP contribution in [0.4, 0.5) is 0 Å². The predicted molar refractivity (Wildman–Crippen MR) is 130 cm³/mol. The number of aliphatic hydroxyl groups is 1. The van der Waals surface area contributed by atoms with Crippen LogP contribution in [0.5, 0.6) is 0 Å². The molecule has 0 aromatic carbocycles. The minimum absolute atomic E-state index is 0.000949. The zero-order valence-electron chi connectivity index (χ0n) is 20.8. The van der Waals surface area contributed by atoms with Gasteiger partial charge in [-0.15, -0.1) is 11.3 Å². The van der Waals surface area contributed by atoms with Crippen molar-refractivity contribution in [1.82, 2.24) is 4.98 Å². The van der Waals surface area contributed by atoms with Crippen LogP contribution in [0.15, 0.2) is 11.0 Å². The Morgan fingerprint density at radius 1 is 1.24 bits per heavy atom. The Morgan fingerprint density at radius 3 is 2.64 bits per heavy atom. The minimum Gasteiger partial charge on any atom is -0.458 e. The molecule has 0 radical (unpaired) electrons. The van der Waals surface area contributed by atoms with Crippen molar-refractivity contribution >= 4 is 29.2 Å². The number of carbonyl (C=O) groups is 2. The lowest BCUT2D eigenvalue weighted by molar-refractivity contribution is -0.149. The van der Waals surface area contributed by atoms with Crippen molar-refractivity contribution in [3.05, 3.63) is 21.7 Å². The van der Waals surface area contributed by atoms with Gasteiger partial charge in [0.05, 0.1) is 28.5 Å². The van der Waals surface area contributed by atoms with E-state index in [4.69, 9.17) is 9.47 Å². The van der Waals surface area contributed by atoms with Gasteiger partial charge in [0.25, 0.3) is 0 Å². The molecule has 5 atom stereocenters. The first kappa shape index (κ1) is 26.0. The van der Waals surface area contributed by atoms with Gasteiger partial charge in [-0.2, -0.15) is 0 Å². The fourth-order valence-electron chi connectivity index (χ4n) is 4.73. The second-order valence-corrected chi connectivity index (χ2v) is 11.7. The van der Waals surface area contributed by atoms with Crippen LogP contribution in [-0.2, 0) is 19.1 Å². The van der Waals surface area contributed by atoms with Crippen LogP contribution >= 0.6 is 11.3 Å². The Kier molecular flexibility index (Phi) is 8.18. The van der Waals surface area contributed by atoms with Gasteiger partial charge in [0.15, 0.2) is 0 Å². The molecule has 33 heavy (non-hydrogen) atoms. The smallest absolute Gasteiger partial charge is 0.306 e. The van der Waals surface area contributed by atoms with E-state index in [0.29, 0.717) is 19.3 Å². The van der Waals surface area contributed by atoms with Gasteiger partial charge < -0.3 is 14.6 Å². The zero-order chi connectivity index (χ0) is 24.4. The van der Waals surface area contributed by atoms with E-state index in [-0.39, 0.29) is 29.9 Å². The third kappa shape index (κ3) is 6.74. The summed E-state index contributed by atoms with van der Waals surface area (Å²) in [6.45, 7) is 11.5. The van der Waals surface area contributed by atoms with Crippen molar-refractivity contribution in [2.24, 2.45) is 11.3 Å². The molecule has 0 saturated carbocycles. The van der Waals surface area contributed by atoms with Gasteiger partial charge in [0.1, 0.15) is 11.9 Å². The third-order valence-corrected chi connectivity index (χ3v) is 8.08. The van der Waals surface area contributed by atoms with Crippen molar-refractivity contribution in [3.63, 3.8) is 0 Å². The number of nitrogens with zero attached hydrogens (tertiary/aromatic N) is 1. The molecule has 7 heteroatoms. The average molecular weight is 478 g/mol. The van der Waals surface area contributed by atoms with E-state index >= 15 is 0 Å². The summed E-state index contributed by atoms with van der Waals surface area (Å²) >= 11 is 1.59. The number of aromatic nitrogens is 1. The van der Waals surface area contributed by atoms with Gasteiger partial charge in [-0.3, -0.25) is 9.59 Å². The highest BCUT2D eigenvalue weighted by atomic mass is 32.1. The average Bonchev–Trinajstić information content (AvgIpc) is 3.20. The van der Waals surface area contributed by atoms with Crippen LogP contribution in [0.3, 0.4) is 0 Å². The Labute approximate surface area is 201 Å². The van der Waals surface area contributed by atoms with Gasteiger partial charge in [-0.1, -0.05) is 33.6 Å². The maximum atomic E-state index is 13.0. The molecule has 1 aromatic rings. The third-order valence-electron chi connectivity index (χ3n) is 7.29. The SMILES string of the molecule is C/C(=C\c1csc(C)n1)C1CC2O[C@]2(C)CCCCC(O)[C@@H](C)C(=O)C(C)(C)CCC(=O)O1. The van der Waals surface area contributed by atoms with Crippen LogP contribution in [0.2, 0.25) is 0 Å². The number of carbonyl (C=O) groups excluding carboxylic acids is 2. The van der Waals surface area contributed by atoms with Gasteiger partial charge in [0, 0.05) is 29.6 Å². The molecule has 3 unspecified atom stereocenters. The molecule has 6 nitrogen and oxygen atoms in total. The van der Waals surface area contributed by atoms with Gasteiger partial charge in [-0.05, 0) is 51.7 Å². The van der Waals surface area contributed by atoms with E-state index in [1.165, 1.54) is 0 Å². The van der Waals surface area contributed by atoms with Gasteiger partial charge >= 0.3 is 5.97 Å². The minimum atomic E-state index is -0.701. The van der Waals surface area contributed by atoms with Crippen LogP contribution in [0.25, 0.3) is 6.08 Å². The molecule has 0 amide bonds. The number of ketones is 1. The Balaban J connectivity index is 1.78. The van der Waals surface area contributed by atoms with E-state index < -0.39 is 23.5 Å². The molecule has 0 spiro atoms. The lowest BCUT2D eigenvalue weighted by Crippen LogP contribution is -2.36. The maximum Gasteiger partial charge on any atom is 0.306 e.